The van der Waals surface area contributed by atoms with E-state index in [1.54, 1.807) is 7.11 Å². The molecule has 4 heteroatoms. The molecule has 1 atom stereocenters. The van der Waals surface area contributed by atoms with Crippen molar-refractivity contribution in [3.8, 4) is 0 Å². The Labute approximate surface area is 114 Å². The molecule has 0 aromatic heterocycles. The molecule has 1 aromatic carbocycles. The summed E-state index contributed by atoms with van der Waals surface area (Å²) in [6.07, 6.45) is 2.22. The third-order valence-electron chi connectivity index (χ3n) is 3.76. The second kappa shape index (κ2) is 5.47. The first-order valence-electron chi connectivity index (χ1n) is 6.36. The number of nitrogens with zero attached hydrogens (tertiary/aromatic N) is 1. The van der Waals surface area contributed by atoms with E-state index in [4.69, 9.17) is 22.1 Å². The van der Waals surface area contributed by atoms with Crippen molar-refractivity contribution < 1.29 is 4.74 Å². The summed E-state index contributed by atoms with van der Waals surface area (Å²) in [6, 6.07) is 5.91. The Kier molecular flexibility index (Phi) is 4.15. The minimum atomic E-state index is -0.0769. The SMILES string of the molecule is COC1(C)CCCN(c2cc(Cl)ccc2CN)C1. The monoisotopic (exact) mass is 268 g/mol. The Morgan fingerprint density at radius 3 is 2.94 bits per heavy atom. The fourth-order valence-corrected chi connectivity index (χ4v) is 2.75. The highest BCUT2D eigenvalue weighted by atomic mass is 35.5. The first kappa shape index (κ1) is 13.7. The molecule has 0 saturated carbocycles. The number of anilines is 1. The van der Waals surface area contributed by atoms with E-state index in [2.05, 4.69) is 11.8 Å². The normalized spacial score (nSPS) is 24.3. The number of hydrogen-bond acceptors (Lipinski definition) is 3. The van der Waals surface area contributed by atoms with Crippen LogP contribution in [0.15, 0.2) is 18.2 Å². The highest BCUT2D eigenvalue weighted by molar-refractivity contribution is 6.30. The van der Waals surface area contributed by atoms with E-state index in [1.165, 1.54) is 0 Å². The maximum absolute atomic E-state index is 6.10. The van der Waals surface area contributed by atoms with Crippen LogP contribution in [0, 0.1) is 0 Å². The molecule has 1 heterocycles. The summed E-state index contributed by atoms with van der Waals surface area (Å²) in [5.41, 5.74) is 8.01. The van der Waals surface area contributed by atoms with Gasteiger partial charge in [-0.25, -0.2) is 0 Å². The van der Waals surface area contributed by atoms with E-state index in [0.29, 0.717) is 6.54 Å². The minimum Gasteiger partial charge on any atom is -0.377 e. The molecular weight excluding hydrogens is 248 g/mol. The molecule has 0 aliphatic carbocycles. The zero-order chi connectivity index (χ0) is 13.2. The summed E-state index contributed by atoms with van der Waals surface area (Å²) in [5, 5.41) is 0.756. The van der Waals surface area contributed by atoms with Crippen molar-refractivity contribution in [3.05, 3.63) is 28.8 Å². The van der Waals surface area contributed by atoms with Crippen molar-refractivity contribution in [3.63, 3.8) is 0 Å². The Hall–Kier alpha value is -0.770. The van der Waals surface area contributed by atoms with Crippen LogP contribution in [0.2, 0.25) is 5.02 Å². The zero-order valence-electron chi connectivity index (χ0n) is 11.1. The van der Waals surface area contributed by atoms with Crippen LogP contribution in [-0.4, -0.2) is 25.8 Å². The maximum atomic E-state index is 6.10. The molecular formula is C14H21ClN2O. The smallest absolute Gasteiger partial charge is 0.0825 e. The van der Waals surface area contributed by atoms with Gasteiger partial charge in [-0.1, -0.05) is 17.7 Å². The molecule has 1 unspecified atom stereocenters. The lowest BCUT2D eigenvalue weighted by atomic mass is 9.94. The third-order valence-corrected chi connectivity index (χ3v) is 3.99. The van der Waals surface area contributed by atoms with Crippen molar-refractivity contribution in [2.45, 2.75) is 31.9 Å². The zero-order valence-corrected chi connectivity index (χ0v) is 11.8. The lowest BCUT2D eigenvalue weighted by Gasteiger charge is -2.41. The molecule has 0 amide bonds. The van der Waals surface area contributed by atoms with Crippen LogP contribution in [-0.2, 0) is 11.3 Å². The minimum absolute atomic E-state index is 0.0769. The number of nitrogens with two attached hydrogens (primary N) is 1. The summed E-state index contributed by atoms with van der Waals surface area (Å²) >= 11 is 6.10. The topological polar surface area (TPSA) is 38.5 Å². The number of rotatable bonds is 3. The molecule has 0 spiro atoms. The molecule has 1 aromatic rings. The summed E-state index contributed by atoms with van der Waals surface area (Å²) in [7, 11) is 1.78. The van der Waals surface area contributed by atoms with E-state index in [1.807, 2.05) is 18.2 Å². The number of halogens is 1. The fraction of sp³-hybridized carbons (Fsp3) is 0.571. The molecule has 100 valence electrons. The van der Waals surface area contributed by atoms with E-state index in [9.17, 15) is 0 Å². The average molecular weight is 269 g/mol. The van der Waals surface area contributed by atoms with Gasteiger partial charge < -0.3 is 15.4 Å². The molecule has 2 rings (SSSR count). The van der Waals surface area contributed by atoms with Gasteiger partial charge in [0.15, 0.2) is 0 Å². The molecule has 1 aliphatic heterocycles. The molecule has 1 aliphatic rings. The summed E-state index contributed by atoms with van der Waals surface area (Å²) < 4.78 is 5.63. The Morgan fingerprint density at radius 2 is 2.28 bits per heavy atom. The van der Waals surface area contributed by atoms with Gasteiger partial charge in [0.1, 0.15) is 0 Å². The number of benzene rings is 1. The van der Waals surface area contributed by atoms with Crippen LogP contribution in [0.5, 0.6) is 0 Å². The van der Waals surface area contributed by atoms with Crippen LogP contribution in [0.25, 0.3) is 0 Å². The van der Waals surface area contributed by atoms with Gasteiger partial charge in [-0.05, 0) is 37.5 Å². The number of hydrogen-bond donors (Lipinski definition) is 1. The average Bonchev–Trinajstić information content (AvgIpc) is 2.39. The summed E-state index contributed by atoms with van der Waals surface area (Å²) in [5.74, 6) is 0. The number of piperidine rings is 1. The van der Waals surface area contributed by atoms with Gasteiger partial charge in [-0.2, -0.15) is 0 Å². The Balaban J connectivity index is 2.28. The lowest BCUT2D eigenvalue weighted by Crippen LogP contribution is -2.47. The van der Waals surface area contributed by atoms with Gasteiger partial charge >= 0.3 is 0 Å². The highest BCUT2D eigenvalue weighted by Crippen LogP contribution is 2.31. The van der Waals surface area contributed by atoms with Gasteiger partial charge in [-0.15, -0.1) is 0 Å². The van der Waals surface area contributed by atoms with Gasteiger partial charge in [0.2, 0.25) is 0 Å². The lowest BCUT2D eigenvalue weighted by molar-refractivity contribution is -0.00468. The molecule has 0 bridgehead atoms. The van der Waals surface area contributed by atoms with Gasteiger partial charge in [0.05, 0.1) is 5.60 Å². The summed E-state index contributed by atoms with van der Waals surface area (Å²) in [4.78, 5) is 2.33. The highest BCUT2D eigenvalue weighted by Gasteiger charge is 2.31. The largest absolute Gasteiger partial charge is 0.377 e. The molecule has 2 N–H and O–H groups in total. The van der Waals surface area contributed by atoms with Crippen molar-refractivity contribution in [1.29, 1.82) is 0 Å². The second-order valence-electron chi connectivity index (χ2n) is 5.16. The van der Waals surface area contributed by atoms with Crippen LogP contribution >= 0.6 is 11.6 Å². The molecule has 1 saturated heterocycles. The predicted molar refractivity (Wildman–Crippen MR) is 76.2 cm³/mol. The fourth-order valence-electron chi connectivity index (χ4n) is 2.58. The first-order valence-corrected chi connectivity index (χ1v) is 6.74. The van der Waals surface area contributed by atoms with Crippen molar-refractivity contribution in [1.82, 2.24) is 0 Å². The number of methoxy groups -OCH3 is 1. The Bertz CT molecular complexity index is 424. The van der Waals surface area contributed by atoms with Gasteiger partial charge in [-0.3, -0.25) is 0 Å². The van der Waals surface area contributed by atoms with E-state index in [0.717, 1.165) is 42.2 Å². The Morgan fingerprint density at radius 1 is 1.50 bits per heavy atom. The predicted octanol–water partition coefficient (Wildman–Crippen LogP) is 2.80. The van der Waals surface area contributed by atoms with Crippen molar-refractivity contribution in [2.75, 3.05) is 25.1 Å². The van der Waals surface area contributed by atoms with Crippen LogP contribution in [0.1, 0.15) is 25.3 Å². The molecule has 1 fully saturated rings. The van der Waals surface area contributed by atoms with Crippen molar-refractivity contribution >= 4 is 17.3 Å². The standard InChI is InChI=1S/C14H21ClN2O/c1-14(18-2)6-3-7-17(10-14)13-8-12(15)5-4-11(13)9-16/h4-5,8H,3,6-7,9-10,16H2,1-2H3. The van der Waals surface area contributed by atoms with Crippen LogP contribution < -0.4 is 10.6 Å². The molecule has 18 heavy (non-hydrogen) atoms. The molecule has 0 radical (unpaired) electrons. The molecule has 3 nitrogen and oxygen atoms in total. The van der Waals surface area contributed by atoms with Crippen LogP contribution in [0.4, 0.5) is 5.69 Å². The van der Waals surface area contributed by atoms with E-state index >= 15 is 0 Å². The summed E-state index contributed by atoms with van der Waals surface area (Å²) in [6.45, 7) is 4.61. The first-order chi connectivity index (χ1) is 8.58. The van der Waals surface area contributed by atoms with Gasteiger partial charge in [0, 0.05) is 37.5 Å². The van der Waals surface area contributed by atoms with E-state index in [-0.39, 0.29) is 5.60 Å². The van der Waals surface area contributed by atoms with Crippen molar-refractivity contribution in [2.24, 2.45) is 5.73 Å². The van der Waals surface area contributed by atoms with Gasteiger partial charge in [0.25, 0.3) is 0 Å². The number of ether oxygens (including phenoxy) is 1. The maximum Gasteiger partial charge on any atom is 0.0825 e. The third kappa shape index (κ3) is 2.79. The van der Waals surface area contributed by atoms with Crippen LogP contribution in [0.3, 0.4) is 0 Å². The quantitative estimate of drug-likeness (QED) is 0.916. The second-order valence-corrected chi connectivity index (χ2v) is 5.59. The van der Waals surface area contributed by atoms with E-state index < -0.39 is 0 Å².